The quantitative estimate of drug-likeness (QED) is 0.830. The molecule has 0 saturated carbocycles. The molecule has 25 heavy (non-hydrogen) atoms. The van der Waals surface area contributed by atoms with Gasteiger partial charge in [0.25, 0.3) is 0 Å². The summed E-state index contributed by atoms with van der Waals surface area (Å²) >= 11 is 0. The molecule has 134 valence electrons. The van der Waals surface area contributed by atoms with Gasteiger partial charge in [0.05, 0.1) is 17.9 Å². The van der Waals surface area contributed by atoms with E-state index in [0.29, 0.717) is 6.42 Å². The molecule has 7 heteroatoms. The van der Waals surface area contributed by atoms with Crippen LogP contribution in [0.25, 0.3) is 0 Å². The second kappa shape index (κ2) is 7.21. The average molecular weight is 342 g/mol. The Morgan fingerprint density at radius 3 is 2.72 bits per heavy atom. The van der Waals surface area contributed by atoms with Gasteiger partial charge in [-0.05, 0) is 43.9 Å². The lowest BCUT2D eigenvalue weighted by Crippen LogP contribution is -2.31. The van der Waals surface area contributed by atoms with E-state index in [4.69, 9.17) is 0 Å². The summed E-state index contributed by atoms with van der Waals surface area (Å²) in [6.45, 7) is 2.83. The predicted octanol–water partition coefficient (Wildman–Crippen LogP) is 1.88. The van der Waals surface area contributed by atoms with Crippen LogP contribution in [0.5, 0.6) is 0 Å². The van der Waals surface area contributed by atoms with Crippen LogP contribution < -0.4 is 4.90 Å². The van der Waals surface area contributed by atoms with Gasteiger partial charge < -0.3 is 9.80 Å². The first kappa shape index (κ1) is 17.4. The largest absolute Gasteiger partial charge is 0.361 e. The van der Waals surface area contributed by atoms with E-state index in [0.717, 1.165) is 48.6 Å². The van der Waals surface area contributed by atoms with Crippen molar-refractivity contribution >= 4 is 11.7 Å². The number of rotatable bonds is 5. The summed E-state index contributed by atoms with van der Waals surface area (Å²) in [6, 6.07) is 4.00. The molecule has 1 unspecified atom stereocenters. The van der Waals surface area contributed by atoms with E-state index in [-0.39, 0.29) is 11.9 Å². The van der Waals surface area contributed by atoms with Gasteiger partial charge in [-0.25, -0.2) is 0 Å². The molecule has 7 nitrogen and oxygen atoms in total. The molecule has 0 aliphatic carbocycles. The zero-order chi connectivity index (χ0) is 18.0. The molecule has 1 fully saturated rings. The first-order valence-corrected chi connectivity index (χ1v) is 8.75. The third-order valence-corrected chi connectivity index (χ3v) is 4.99. The van der Waals surface area contributed by atoms with E-state index in [1.165, 1.54) is 0 Å². The minimum absolute atomic E-state index is 0.0474. The zero-order valence-corrected chi connectivity index (χ0v) is 15.4. The van der Waals surface area contributed by atoms with Gasteiger partial charge in [0.15, 0.2) is 5.82 Å². The molecule has 1 amide bonds. The summed E-state index contributed by atoms with van der Waals surface area (Å²) in [6.07, 6.45) is 5.06. The Hall–Kier alpha value is -2.44. The molecule has 1 aliphatic heterocycles. The number of carbonyl (C=O) groups excluding carboxylic acids is 1. The molecule has 0 aromatic carbocycles. The predicted molar refractivity (Wildman–Crippen MR) is 96.3 cm³/mol. The van der Waals surface area contributed by atoms with Crippen LogP contribution in [-0.4, -0.2) is 51.4 Å². The summed E-state index contributed by atoms with van der Waals surface area (Å²) in [4.78, 5) is 16.6. The Morgan fingerprint density at radius 1 is 1.32 bits per heavy atom. The third kappa shape index (κ3) is 3.65. The maximum Gasteiger partial charge on any atom is 0.223 e. The second-order valence-corrected chi connectivity index (χ2v) is 6.83. The standard InChI is InChI=1S/C18H26N6O/c1-13-14(12-19-23(13)4)7-10-18(25)24-11-5-6-16(24)15-8-9-17(21-20-15)22(2)3/h8-9,12,16H,5-7,10-11H2,1-4H3. The Labute approximate surface area is 148 Å². The molecule has 1 aliphatic rings. The van der Waals surface area contributed by atoms with Gasteiger partial charge in [0.1, 0.15) is 0 Å². The average Bonchev–Trinajstić information content (AvgIpc) is 3.21. The number of aryl methyl sites for hydroxylation is 2. The fourth-order valence-corrected chi connectivity index (χ4v) is 3.30. The highest BCUT2D eigenvalue weighted by Gasteiger charge is 2.31. The highest BCUT2D eigenvalue weighted by molar-refractivity contribution is 5.77. The van der Waals surface area contributed by atoms with Crippen molar-refractivity contribution in [2.24, 2.45) is 7.05 Å². The molecule has 0 N–H and O–H groups in total. The highest BCUT2D eigenvalue weighted by atomic mass is 16.2. The van der Waals surface area contributed by atoms with E-state index in [1.807, 2.05) is 60.9 Å². The Kier molecular flexibility index (Phi) is 5.01. The van der Waals surface area contributed by atoms with Crippen LogP contribution in [0.15, 0.2) is 18.3 Å². The zero-order valence-electron chi connectivity index (χ0n) is 15.4. The lowest BCUT2D eigenvalue weighted by molar-refractivity contribution is -0.132. The number of aromatic nitrogens is 4. The number of hydrogen-bond donors (Lipinski definition) is 0. The number of nitrogens with zero attached hydrogens (tertiary/aromatic N) is 6. The molecular weight excluding hydrogens is 316 g/mol. The van der Waals surface area contributed by atoms with Crippen LogP contribution in [-0.2, 0) is 18.3 Å². The fourth-order valence-electron chi connectivity index (χ4n) is 3.30. The monoisotopic (exact) mass is 342 g/mol. The summed E-state index contributed by atoms with van der Waals surface area (Å²) in [7, 11) is 5.80. The van der Waals surface area contributed by atoms with Crippen LogP contribution in [0.2, 0.25) is 0 Å². The number of hydrogen-bond acceptors (Lipinski definition) is 5. The third-order valence-electron chi connectivity index (χ3n) is 4.99. The molecule has 2 aromatic heterocycles. The van der Waals surface area contributed by atoms with Crippen molar-refractivity contribution in [1.29, 1.82) is 0 Å². The molecule has 1 saturated heterocycles. The topological polar surface area (TPSA) is 67.2 Å². The van der Waals surface area contributed by atoms with E-state index < -0.39 is 0 Å². The van der Waals surface area contributed by atoms with Crippen LogP contribution in [0.3, 0.4) is 0 Å². The van der Waals surface area contributed by atoms with Crippen molar-refractivity contribution in [2.75, 3.05) is 25.5 Å². The van der Waals surface area contributed by atoms with Crippen molar-refractivity contribution in [1.82, 2.24) is 24.9 Å². The molecule has 1 atom stereocenters. The lowest BCUT2D eigenvalue weighted by Gasteiger charge is -2.24. The number of likely N-dealkylation sites (tertiary alicyclic amines) is 1. The Bertz CT molecular complexity index is 737. The van der Waals surface area contributed by atoms with Gasteiger partial charge in [0.2, 0.25) is 5.91 Å². The first-order valence-electron chi connectivity index (χ1n) is 8.75. The molecule has 2 aromatic rings. The molecule has 3 heterocycles. The molecule has 0 bridgehead atoms. The maximum absolute atomic E-state index is 12.7. The molecule has 3 rings (SSSR count). The van der Waals surface area contributed by atoms with Crippen LogP contribution in [0.1, 0.15) is 42.3 Å². The summed E-state index contributed by atoms with van der Waals surface area (Å²) in [5.74, 6) is 1.01. The SMILES string of the molecule is Cc1c(CCC(=O)N2CCCC2c2ccc(N(C)C)nn2)cnn1C. The molecule has 0 spiro atoms. The number of anilines is 1. The van der Waals surface area contributed by atoms with Crippen LogP contribution in [0.4, 0.5) is 5.82 Å². The normalized spacial score (nSPS) is 17.1. The van der Waals surface area contributed by atoms with Gasteiger partial charge >= 0.3 is 0 Å². The molecule has 0 radical (unpaired) electrons. The summed E-state index contributed by atoms with van der Waals surface area (Å²) in [5, 5.41) is 12.8. The lowest BCUT2D eigenvalue weighted by atomic mass is 10.1. The van der Waals surface area contributed by atoms with Crippen LogP contribution >= 0.6 is 0 Å². The van der Waals surface area contributed by atoms with E-state index >= 15 is 0 Å². The second-order valence-electron chi connectivity index (χ2n) is 6.83. The van der Waals surface area contributed by atoms with Gasteiger partial charge in [-0.2, -0.15) is 10.2 Å². The van der Waals surface area contributed by atoms with E-state index in [9.17, 15) is 4.79 Å². The first-order chi connectivity index (χ1) is 12.0. The minimum Gasteiger partial charge on any atom is -0.361 e. The van der Waals surface area contributed by atoms with Gasteiger partial charge in [-0.1, -0.05) is 0 Å². The number of carbonyl (C=O) groups is 1. The Morgan fingerprint density at radius 2 is 2.12 bits per heavy atom. The van der Waals surface area contributed by atoms with Crippen molar-refractivity contribution in [2.45, 2.75) is 38.6 Å². The van der Waals surface area contributed by atoms with E-state index in [2.05, 4.69) is 15.3 Å². The maximum atomic E-state index is 12.7. The number of amides is 1. The molecular formula is C18H26N6O. The minimum atomic E-state index is 0.0474. The van der Waals surface area contributed by atoms with Crippen LogP contribution in [0, 0.1) is 6.92 Å². The summed E-state index contributed by atoms with van der Waals surface area (Å²) < 4.78 is 1.85. The van der Waals surface area contributed by atoms with Gasteiger partial charge in [-0.15, -0.1) is 5.10 Å². The van der Waals surface area contributed by atoms with Gasteiger partial charge in [0, 0.05) is 39.8 Å². The fraction of sp³-hybridized carbons (Fsp3) is 0.556. The summed E-state index contributed by atoms with van der Waals surface area (Å²) in [5.41, 5.74) is 3.15. The van der Waals surface area contributed by atoms with Gasteiger partial charge in [-0.3, -0.25) is 9.48 Å². The Balaban J connectivity index is 1.66. The van der Waals surface area contributed by atoms with Crippen molar-refractivity contribution in [3.8, 4) is 0 Å². The van der Waals surface area contributed by atoms with Crippen molar-refractivity contribution < 1.29 is 4.79 Å². The van der Waals surface area contributed by atoms with Crippen molar-refractivity contribution in [3.63, 3.8) is 0 Å². The smallest absolute Gasteiger partial charge is 0.223 e. The van der Waals surface area contributed by atoms with E-state index in [1.54, 1.807) is 0 Å². The highest BCUT2D eigenvalue weighted by Crippen LogP contribution is 2.31. The van der Waals surface area contributed by atoms with Crippen molar-refractivity contribution in [3.05, 3.63) is 35.3 Å².